The van der Waals surface area contributed by atoms with E-state index in [0.29, 0.717) is 5.82 Å². The minimum Gasteiger partial charge on any atom is -0.358 e. The van der Waals surface area contributed by atoms with Crippen molar-refractivity contribution in [1.82, 2.24) is 9.97 Å². The lowest BCUT2D eigenvalue weighted by atomic mass is 9.97. The van der Waals surface area contributed by atoms with Gasteiger partial charge in [-0.15, -0.1) is 0 Å². The van der Waals surface area contributed by atoms with Gasteiger partial charge < -0.3 is 10.3 Å². The first-order valence-corrected chi connectivity index (χ1v) is 7.54. The minimum atomic E-state index is 0.140. The summed E-state index contributed by atoms with van der Waals surface area (Å²) in [6.07, 6.45) is 9.54. The molecule has 2 aliphatic carbocycles. The van der Waals surface area contributed by atoms with Crippen molar-refractivity contribution in [2.75, 3.05) is 5.32 Å². The number of anilines is 1. The van der Waals surface area contributed by atoms with Crippen LogP contribution in [0.4, 0.5) is 5.82 Å². The van der Waals surface area contributed by atoms with E-state index < -0.39 is 0 Å². The molecule has 0 bridgehead atoms. The van der Waals surface area contributed by atoms with Crippen LogP contribution in [0.15, 0.2) is 24.5 Å². The molecule has 2 aromatic heterocycles. The number of hydrogen-bond donors (Lipinski definition) is 2. The molecule has 0 saturated heterocycles. The van der Waals surface area contributed by atoms with Crippen molar-refractivity contribution in [3.8, 4) is 0 Å². The molecule has 4 heteroatoms. The average Bonchev–Trinajstić information content (AvgIpc) is 3.06. The standard InChI is InChI=1S/C16H19N3O/c20-16(11-1-3-12-9-13(12)4-2-11)19-15-14-10(5-7-17-14)6-8-18-15/h5-8,11-13,17H,1-4,9H2,(H,18,19,20)/t11?,12-,13+. The lowest BCUT2D eigenvalue weighted by Gasteiger charge is -2.14. The summed E-state index contributed by atoms with van der Waals surface area (Å²) in [6, 6.07) is 3.94. The van der Waals surface area contributed by atoms with Crippen molar-refractivity contribution in [2.45, 2.75) is 32.1 Å². The molecule has 4 rings (SSSR count). The lowest BCUT2D eigenvalue weighted by molar-refractivity contribution is -0.120. The van der Waals surface area contributed by atoms with Crippen LogP contribution in [-0.4, -0.2) is 15.9 Å². The van der Waals surface area contributed by atoms with Crippen molar-refractivity contribution in [1.29, 1.82) is 0 Å². The number of amides is 1. The van der Waals surface area contributed by atoms with Gasteiger partial charge in [-0.1, -0.05) is 0 Å². The largest absolute Gasteiger partial charge is 0.358 e. The van der Waals surface area contributed by atoms with Crippen LogP contribution < -0.4 is 5.32 Å². The highest BCUT2D eigenvalue weighted by molar-refractivity contribution is 5.99. The van der Waals surface area contributed by atoms with Gasteiger partial charge in [0.25, 0.3) is 0 Å². The van der Waals surface area contributed by atoms with Gasteiger partial charge in [-0.3, -0.25) is 4.79 Å². The Bertz CT molecular complexity index is 636. The van der Waals surface area contributed by atoms with E-state index in [0.717, 1.165) is 35.6 Å². The van der Waals surface area contributed by atoms with Gasteiger partial charge in [0.1, 0.15) is 0 Å². The van der Waals surface area contributed by atoms with Crippen LogP contribution >= 0.6 is 0 Å². The minimum absolute atomic E-state index is 0.140. The Kier molecular flexibility index (Phi) is 2.76. The Morgan fingerprint density at radius 3 is 2.80 bits per heavy atom. The molecular weight excluding hydrogens is 250 g/mol. The highest BCUT2D eigenvalue weighted by Gasteiger charge is 2.40. The van der Waals surface area contributed by atoms with Crippen molar-refractivity contribution < 1.29 is 4.79 Å². The van der Waals surface area contributed by atoms with E-state index in [-0.39, 0.29) is 11.8 Å². The Morgan fingerprint density at radius 2 is 2.00 bits per heavy atom. The van der Waals surface area contributed by atoms with Gasteiger partial charge in [0, 0.05) is 23.7 Å². The summed E-state index contributed by atoms with van der Waals surface area (Å²) in [4.78, 5) is 19.9. The van der Waals surface area contributed by atoms with E-state index in [2.05, 4.69) is 15.3 Å². The molecule has 1 amide bonds. The fourth-order valence-corrected chi connectivity index (χ4v) is 3.55. The molecule has 0 radical (unpaired) electrons. The maximum absolute atomic E-state index is 12.4. The van der Waals surface area contributed by atoms with Gasteiger partial charge in [-0.2, -0.15) is 0 Å². The zero-order valence-electron chi connectivity index (χ0n) is 11.4. The molecular formula is C16H19N3O. The molecule has 2 aromatic rings. The summed E-state index contributed by atoms with van der Waals surface area (Å²) in [7, 11) is 0. The molecule has 2 heterocycles. The van der Waals surface area contributed by atoms with Crippen LogP contribution in [0.3, 0.4) is 0 Å². The van der Waals surface area contributed by atoms with Crippen LogP contribution in [0.1, 0.15) is 32.1 Å². The van der Waals surface area contributed by atoms with E-state index in [1.165, 1.54) is 19.3 Å². The first-order valence-electron chi connectivity index (χ1n) is 7.54. The molecule has 104 valence electrons. The third kappa shape index (κ3) is 2.09. The monoisotopic (exact) mass is 269 g/mol. The van der Waals surface area contributed by atoms with Crippen LogP contribution in [0.2, 0.25) is 0 Å². The second kappa shape index (κ2) is 4.62. The Morgan fingerprint density at radius 1 is 1.20 bits per heavy atom. The second-order valence-electron chi connectivity index (χ2n) is 6.20. The molecule has 20 heavy (non-hydrogen) atoms. The van der Waals surface area contributed by atoms with E-state index in [9.17, 15) is 4.79 Å². The van der Waals surface area contributed by atoms with Crippen LogP contribution in [0, 0.1) is 17.8 Å². The molecule has 3 atom stereocenters. The molecule has 0 aliphatic heterocycles. The van der Waals surface area contributed by atoms with Crippen LogP contribution in [-0.2, 0) is 4.79 Å². The molecule has 2 fully saturated rings. The van der Waals surface area contributed by atoms with E-state index in [1.807, 2.05) is 18.3 Å². The van der Waals surface area contributed by atoms with Gasteiger partial charge >= 0.3 is 0 Å². The maximum Gasteiger partial charge on any atom is 0.228 e. The summed E-state index contributed by atoms with van der Waals surface area (Å²) in [5.41, 5.74) is 0.914. The summed E-state index contributed by atoms with van der Waals surface area (Å²) in [5.74, 6) is 2.79. The molecule has 0 spiro atoms. The smallest absolute Gasteiger partial charge is 0.228 e. The Balaban J connectivity index is 1.50. The van der Waals surface area contributed by atoms with Gasteiger partial charge in [0.15, 0.2) is 5.82 Å². The lowest BCUT2D eigenvalue weighted by Crippen LogP contribution is -2.23. The second-order valence-corrected chi connectivity index (χ2v) is 6.20. The number of H-pyrrole nitrogens is 1. The number of hydrogen-bond acceptors (Lipinski definition) is 2. The molecule has 0 aromatic carbocycles. The number of pyridine rings is 1. The van der Waals surface area contributed by atoms with Gasteiger partial charge in [-0.05, 0) is 56.1 Å². The fourth-order valence-electron chi connectivity index (χ4n) is 3.55. The highest BCUT2D eigenvalue weighted by atomic mass is 16.1. The summed E-state index contributed by atoms with van der Waals surface area (Å²) in [5, 5.41) is 4.10. The maximum atomic E-state index is 12.4. The number of aromatic nitrogens is 2. The topological polar surface area (TPSA) is 57.8 Å². The van der Waals surface area contributed by atoms with Gasteiger partial charge in [0.2, 0.25) is 5.91 Å². The zero-order chi connectivity index (χ0) is 13.5. The normalized spacial score (nSPS) is 28.7. The van der Waals surface area contributed by atoms with Crippen molar-refractivity contribution in [3.05, 3.63) is 24.5 Å². The first kappa shape index (κ1) is 11.9. The number of aromatic amines is 1. The quantitative estimate of drug-likeness (QED) is 0.878. The predicted octanol–water partition coefficient (Wildman–Crippen LogP) is 3.33. The van der Waals surface area contributed by atoms with E-state index in [4.69, 9.17) is 0 Å². The van der Waals surface area contributed by atoms with Crippen molar-refractivity contribution in [3.63, 3.8) is 0 Å². The van der Waals surface area contributed by atoms with E-state index in [1.54, 1.807) is 6.20 Å². The number of nitrogens with one attached hydrogen (secondary N) is 2. The molecule has 4 nitrogen and oxygen atoms in total. The van der Waals surface area contributed by atoms with Crippen LogP contribution in [0.5, 0.6) is 0 Å². The summed E-state index contributed by atoms with van der Waals surface area (Å²) < 4.78 is 0. The highest BCUT2D eigenvalue weighted by Crippen LogP contribution is 2.49. The zero-order valence-corrected chi connectivity index (χ0v) is 11.4. The average molecular weight is 269 g/mol. The van der Waals surface area contributed by atoms with Crippen molar-refractivity contribution in [2.24, 2.45) is 17.8 Å². The van der Waals surface area contributed by atoms with E-state index >= 15 is 0 Å². The van der Waals surface area contributed by atoms with Crippen molar-refractivity contribution >= 4 is 22.6 Å². The number of nitrogens with zero attached hydrogens (tertiary/aromatic N) is 1. The third-order valence-electron chi connectivity index (χ3n) is 4.93. The van der Waals surface area contributed by atoms with Gasteiger partial charge in [0.05, 0.1) is 5.52 Å². The number of carbonyl (C=O) groups is 1. The number of fused-ring (bicyclic) bond motifs is 2. The number of rotatable bonds is 2. The molecule has 2 N–H and O–H groups in total. The predicted molar refractivity (Wildman–Crippen MR) is 78.3 cm³/mol. The SMILES string of the molecule is O=C(Nc1nccc2cc[nH]c12)C1CC[C@@H]2C[C@@H]2CC1. The molecule has 2 aliphatic rings. The first-order chi connectivity index (χ1) is 9.81. The summed E-state index contributed by atoms with van der Waals surface area (Å²) in [6.45, 7) is 0. The fraction of sp³-hybridized carbons (Fsp3) is 0.500. The van der Waals surface area contributed by atoms with Gasteiger partial charge in [-0.25, -0.2) is 4.98 Å². The Hall–Kier alpha value is -1.84. The number of carbonyl (C=O) groups excluding carboxylic acids is 1. The molecule has 1 unspecified atom stereocenters. The third-order valence-corrected chi connectivity index (χ3v) is 4.93. The molecule has 2 saturated carbocycles. The van der Waals surface area contributed by atoms with Crippen LogP contribution in [0.25, 0.3) is 10.9 Å². The Labute approximate surface area is 118 Å². The summed E-state index contributed by atoms with van der Waals surface area (Å²) >= 11 is 0.